The molecule has 0 radical (unpaired) electrons. The zero-order valence-electron chi connectivity index (χ0n) is 14.0. The van der Waals surface area contributed by atoms with Crippen LogP contribution >= 0.6 is 0 Å². The van der Waals surface area contributed by atoms with E-state index in [1.165, 1.54) is 12.5 Å². The van der Waals surface area contributed by atoms with Crippen molar-refractivity contribution < 1.29 is 9.59 Å². The van der Waals surface area contributed by atoms with Crippen molar-refractivity contribution in [2.24, 2.45) is 5.41 Å². The van der Waals surface area contributed by atoms with Crippen LogP contribution in [0, 0.1) is 5.41 Å². The molecule has 1 unspecified atom stereocenters. The molecule has 2 amide bonds. The Hall–Kier alpha value is -1.88. The summed E-state index contributed by atoms with van der Waals surface area (Å²) in [6.07, 6.45) is 3.11. The summed E-state index contributed by atoms with van der Waals surface area (Å²) >= 11 is 0. The fraction of sp³-hybridized carbons (Fsp3) is 0.556. The van der Waals surface area contributed by atoms with Crippen LogP contribution in [0.15, 0.2) is 24.3 Å². The van der Waals surface area contributed by atoms with Gasteiger partial charge in [0.2, 0.25) is 11.8 Å². The highest BCUT2D eigenvalue weighted by Crippen LogP contribution is 2.40. The Labute approximate surface area is 137 Å². The van der Waals surface area contributed by atoms with Gasteiger partial charge in [0.1, 0.15) is 0 Å². The van der Waals surface area contributed by atoms with Crippen molar-refractivity contribution in [2.75, 3.05) is 32.0 Å². The molecule has 1 aromatic rings. The van der Waals surface area contributed by atoms with Gasteiger partial charge in [0.25, 0.3) is 0 Å². The van der Waals surface area contributed by atoms with E-state index < -0.39 is 0 Å². The molecule has 1 aromatic carbocycles. The average Bonchev–Trinajstić information content (AvgIpc) is 2.90. The van der Waals surface area contributed by atoms with Crippen LogP contribution in [0.1, 0.15) is 31.7 Å². The van der Waals surface area contributed by atoms with E-state index >= 15 is 0 Å². The lowest BCUT2D eigenvalue weighted by Crippen LogP contribution is -2.48. The fourth-order valence-corrected chi connectivity index (χ4v) is 3.89. The largest absolute Gasteiger partial charge is 0.345 e. The number of carbonyl (C=O) groups excluding carboxylic acids is 2. The molecule has 1 N–H and O–H groups in total. The maximum atomic E-state index is 12.6. The summed E-state index contributed by atoms with van der Waals surface area (Å²) in [6.45, 7) is 5.11. The number of hydrogen-bond acceptors (Lipinski definition) is 3. The van der Waals surface area contributed by atoms with Gasteiger partial charge in [0.05, 0.1) is 5.41 Å². The standard InChI is InChI=1S/C18H25N3O2/c1-14(22)19-16-6-4-15(5-7-16)12-21-11-9-18(13-21)8-3-10-20(2)17(18)23/h4-7H,3,8-13H2,1-2H3,(H,19,22). The van der Waals surface area contributed by atoms with E-state index in [1.807, 2.05) is 36.2 Å². The van der Waals surface area contributed by atoms with Crippen molar-refractivity contribution in [2.45, 2.75) is 32.7 Å². The van der Waals surface area contributed by atoms with E-state index in [0.29, 0.717) is 5.91 Å². The first-order valence-corrected chi connectivity index (χ1v) is 8.33. The summed E-state index contributed by atoms with van der Waals surface area (Å²) in [5.74, 6) is 0.270. The van der Waals surface area contributed by atoms with Gasteiger partial charge in [-0.3, -0.25) is 14.5 Å². The molecule has 2 aliphatic rings. The topological polar surface area (TPSA) is 52.7 Å². The number of nitrogens with zero attached hydrogens (tertiary/aromatic N) is 2. The molecule has 23 heavy (non-hydrogen) atoms. The molecular formula is C18H25N3O2. The monoisotopic (exact) mass is 315 g/mol. The third-order valence-corrected chi connectivity index (χ3v) is 5.06. The number of amides is 2. The number of rotatable bonds is 3. The second kappa shape index (κ2) is 6.32. The number of hydrogen-bond donors (Lipinski definition) is 1. The van der Waals surface area contributed by atoms with Gasteiger partial charge >= 0.3 is 0 Å². The zero-order valence-corrected chi connectivity index (χ0v) is 14.0. The van der Waals surface area contributed by atoms with Gasteiger partial charge in [-0.25, -0.2) is 0 Å². The van der Waals surface area contributed by atoms with E-state index in [-0.39, 0.29) is 11.3 Å². The highest BCUT2D eigenvalue weighted by Gasteiger charge is 2.47. The van der Waals surface area contributed by atoms with Crippen LogP contribution in [0.5, 0.6) is 0 Å². The van der Waals surface area contributed by atoms with Gasteiger partial charge < -0.3 is 10.2 Å². The predicted molar refractivity (Wildman–Crippen MR) is 89.9 cm³/mol. The molecule has 0 aromatic heterocycles. The van der Waals surface area contributed by atoms with E-state index in [4.69, 9.17) is 0 Å². The summed E-state index contributed by atoms with van der Waals surface area (Å²) in [4.78, 5) is 27.9. The summed E-state index contributed by atoms with van der Waals surface area (Å²) < 4.78 is 0. The van der Waals surface area contributed by atoms with Gasteiger partial charge in [0, 0.05) is 39.3 Å². The molecule has 2 aliphatic heterocycles. The number of likely N-dealkylation sites (tertiary alicyclic amines) is 2. The molecule has 5 nitrogen and oxygen atoms in total. The molecule has 1 spiro atoms. The molecule has 0 bridgehead atoms. The second-order valence-electron chi connectivity index (χ2n) is 6.95. The Morgan fingerprint density at radius 2 is 1.96 bits per heavy atom. The maximum Gasteiger partial charge on any atom is 0.229 e. The van der Waals surface area contributed by atoms with Crippen LogP contribution in [0.2, 0.25) is 0 Å². The first-order chi connectivity index (χ1) is 11.0. The van der Waals surface area contributed by atoms with E-state index in [9.17, 15) is 9.59 Å². The third kappa shape index (κ3) is 3.39. The molecule has 1 atom stereocenters. The van der Waals surface area contributed by atoms with Crippen LogP contribution in [0.3, 0.4) is 0 Å². The van der Waals surface area contributed by atoms with Crippen LogP contribution in [-0.2, 0) is 16.1 Å². The molecule has 124 valence electrons. The minimum atomic E-state index is -0.150. The van der Waals surface area contributed by atoms with Gasteiger partial charge in [0.15, 0.2) is 0 Å². The Kier molecular flexibility index (Phi) is 4.39. The quantitative estimate of drug-likeness (QED) is 0.929. The van der Waals surface area contributed by atoms with Crippen LogP contribution in [-0.4, -0.2) is 48.3 Å². The van der Waals surface area contributed by atoms with E-state index in [0.717, 1.165) is 51.1 Å². The summed E-state index contributed by atoms with van der Waals surface area (Å²) in [5, 5.41) is 2.78. The fourth-order valence-electron chi connectivity index (χ4n) is 3.89. The molecule has 3 rings (SSSR count). The Morgan fingerprint density at radius 1 is 1.22 bits per heavy atom. The molecule has 2 saturated heterocycles. The number of nitrogens with one attached hydrogen (secondary N) is 1. The van der Waals surface area contributed by atoms with Crippen LogP contribution in [0.4, 0.5) is 5.69 Å². The number of piperidine rings is 1. The molecular weight excluding hydrogens is 290 g/mol. The summed E-state index contributed by atoms with van der Waals surface area (Å²) in [5.41, 5.74) is 1.89. The van der Waals surface area contributed by atoms with Gasteiger partial charge in [-0.15, -0.1) is 0 Å². The third-order valence-electron chi connectivity index (χ3n) is 5.06. The normalized spacial score (nSPS) is 25.1. The Balaban J connectivity index is 1.61. The number of carbonyl (C=O) groups is 2. The number of anilines is 1. The van der Waals surface area contributed by atoms with Crippen LogP contribution < -0.4 is 5.32 Å². The predicted octanol–water partition coefficient (Wildman–Crippen LogP) is 2.09. The van der Waals surface area contributed by atoms with Crippen molar-refractivity contribution in [3.63, 3.8) is 0 Å². The highest BCUT2D eigenvalue weighted by molar-refractivity contribution is 5.88. The Morgan fingerprint density at radius 3 is 2.65 bits per heavy atom. The molecule has 0 aliphatic carbocycles. The average molecular weight is 315 g/mol. The Bertz CT molecular complexity index is 599. The molecule has 5 heteroatoms. The summed E-state index contributed by atoms with van der Waals surface area (Å²) in [7, 11) is 1.92. The van der Waals surface area contributed by atoms with Gasteiger partial charge in [-0.05, 0) is 43.5 Å². The minimum absolute atomic E-state index is 0.0563. The lowest BCUT2D eigenvalue weighted by molar-refractivity contribution is -0.144. The van der Waals surface area contributed by atoms with Crippen molar-refractivity contribution in [3.05, 3.63) is 29.8 Å². The van der Waals surface area contributed by atoms with Crippen molar-refractivity contribution in [1.82, 2.24) is 9.80 Å². The minimum Gasteiger partial charge on any atom is -0.345 e. The maximum absolute atomic E-state index is 12.6. The summed E-state index contributed by atoms with van der Waals surface area (Å²) in [6, 6.07) is 7.96. The molecule has 2 heterocycles. The van der Waals surface area contributed by atoms with Crippen molar-refractivity contribution >= 4 is 17.5 Å². The first kappa shape index (κ1) is 16.0. The zero-order chi connectivity index (χ0) is 16.4. The van der Waals surface area contributed by atoms with Crippen molar-refractivity contribution in [3.8, 4) is 0 Å². The molecule has 2 fully saturated rings. The smallest absolute Gasteiger partial charge is 0.229 e. The van der Waals surface area contributed by atoms with E-state index in [1.54, 1.807) is 0 Å². The lowest BCUT2D eigenvalue weighted by Gasteiger charge is -2.37. The van der Waals surface area contributed by atoms with Gasteiger partial charge in [-0.2, -0.15) is 0 Å². The van der Waals surface area contributed by atoms with Gasteiger partial charge in [-0.1, -0.05) is 12.1 Å². The first-order valence-electron chi connectivity index (χ1n) is 8.33. The van der Waals surface area contributed by atoms with Crippen LogP contribution in [0.25, 0.3) is 0 Å². The SMILES string of the molecule is CC(=O)Nc1ccc(CN2CCC3(CCCN(C)C3=O)C2)cc1. The highest BCUT2D eigenvalue weighted by atomic mass is 16.2. The molecule has 0 saturated carbocycles. The second-order valence-corrected chi connectivity index (χ2v) is 6.95. The number of benzene rings is 1. The van der Waals surface area contributed by atoms with Crippen molar-refractivity contribution in [1.29, 1.82) is 0 Å². The van der Waals surface area contributed by atoms with E-state index in [2.05, 4.69) is 10.2 Å². The lowest BCUT2D eigenvalue weighted by atomic mass is 9.78.